The van der Waals surface area contributed by atoms with Gasteiger partial charge in [-0.05, 0) is 41.8 Å². The number of carbonyl (C=O) groups is 1. The summed E-state index contributed by atoms with van der Waals surface area (Å²) in [5.41, 5.74) is 6.09. The van der Waals surface area contributed by atoms with Crippen molar-refractivity contribution in [3.63, 3.8) is 0 Å². The van der Waals surface area contributed by atoms with Crippen LogP contribution in [0.3, 0.4) is 0 Å². The Morgan fingerprint density at radius 3 is 2.42 bits per heavy atom. The van der Waals surface area contributed by atoms with E-state index in [1.54, 1.807) is 0 Å². The summed E-state index contributed by atoms with van der Waals surface area (Å²) in [6, 6.07) is 14.1. The number of imidazole rings is 1. The van der Waals surface area contributed by atoms with Crippen LogP contribution in [0.25, 0.3) is 16.9 Å². The molecule has 156 valence electrons. The van der Waals surface area contributed by atoms with Crippen molar-refractivity contribution in [1.82, 2.24) is 9.38 Å². The quantitative estimate of drug-likeness (QED) is 0.428. The highest BCUT2D eigenvalue weighted by Crippen LogP contribution is 2.36. The number of aromatic nitrogens is 2. The molecule has 3 heterocycles. The number of hydrogen-bond acceptors (Lipinski definition) is 4. The van der Waals surface area contributed by atoms with E-state index in [4.69, 9.17) is 4.98 Å². The van der Waals surface area contributed by atoms with Gasteiger partial charge in [0.25, 0.3) is 5.91 Å². The van der Waals surface area contributed by atoms with Crippen molar-refractivity contribution in [3.8, 4) is 17.3 Å². The first-order valence-corrected chi connectivity index (χ1v) is 11.0. The molecule has 0 bridgehead atoms. The second kappa shape index (κ2) is 7.68. The largest absolute Gasteiger partial charge is 0.311 e. The number of carbonyl (C=O) groups excluding carboxylic acids is 1. The molecule has 0 aliphatic carbocycles. The minimum Gasteiger partial charge on any atom is -0.311 e. The summed E-state index contributed by atoms with van der Waals surface area (Å²) < 4.78 is 1.82. The van der Waals surface area contributed by atoms with E-state index in [9.17, 15) is 10.1 Å². The van der Waals surface area contributed by atoms with Gasteiger partial charge in [-0.25, -0.2) is 4.98 Å². The van der Waals surface area contributed by atoms with Gasteiger partial charge >= 0.3 is 0 Å². The lowest BCUT2D eigenvalue weighted by atomic mass is 9.86. The Hall–Kier alpha value is -3.43. The number of pyridine rings is 1. The Labute approximate surface area is 186 Å². The van der Waals surface area contributed by atoms with E-state index < -0.39 is 0 Å². The highest BCUT2D eigenvalue weighted by molar-refractivity contribution is 7.14. The molecule has 0 aliphatic rings. The number of fused-ring (bicyclic) bond motifs is 1. The van der Waals surface area contributed by atoms with Gasteiger partial charge in [-0.15, -0.1) is 11.3 Å². The maximum Gasteiger partial charge on any atom is 0.275 e. The molecular weight excluding hydrogens is 404 g/mol. The first-order valence-electron chi connectivity index (χ1n) is 10.1. The molecule has 1 amide bonds. The zero-order valence-corrected chi connectivity index (χ0v) is 19.1. The summed E-state index contributed by atoms with van der Waals surface area (Å²) >= 11 is 1.38. The van der Waals surface area contributed by atoms with Crippen LogP contribution in [0.15, 0.2) is 48.0 Å². The average molecular weight is 429 g/mol. The third kappa shape index (κ3) is 3.85. The van der Waals surface area contributed by atoms with Crippen LogP contribution in [-0.2, 0) is 5.41 Å². The van der Waals surface area contributed by atoms with Crippen molar-refractivity contribution in [2.24, 2.45) is 0 Å². The zero-order valence-electron chi connectivity index (χ0n) is 18.3. The van der Waals surface area contributed by atoms with Gasteiger partial charge in [0.15, 0.2) is 0 Å². The van der Waals surface area contributed by atoms with Gasteiger partial charge in [0, 0.05) is 11.8 Å². The third-order valence-electron chi connectivity index (χ3n) is 5.24. The van der Waals surface area contributed by atoms with Crippen molar-refractivity contribution in [2.45, 2.75) is 40.0 Å². The molecule has 4 aromatic rings. The molecule has 0 spiro atoms. The summed E-state index contributed by atoms with van der Waals surface area (Å²) in [7, 11) is 0. The van der Waals surface area contributed by atoms with Crippen LogP contribution in [-0.4, -0.2) is 15.3 Å². The Bertz CT molecular complexity index is 1330. The lowest BCUT2D eigenvalue weighted by Crippen LogP contribution is -2.16. The molecule has 0 unspecified atom stereocenters. The SMILES string of the molecule is Cc1ccc(-c2nc3ccc(C)cn3c2C(=O)Nc2scc(C(C)(C)C)c2C#N)cc1. The molecule has 1 aromatic carbocycles. The standard InChI is InChI=1S/C25H24N4OS/c1-15-6-9-17(10-7-15)21-22(29-13-16(2)8-11-20(29)27-21)23(30)28-24-18(12-26)19(14-31-24)25(3,4)5/h6-11,13-14H,1-5H3,(H,28,30). The van der Waals surface area contributed by atoms with E-state index >= 15 is 0 Å². The van der Waals surface area contributed by atoms with Crippen LogP contribution in [0, 0.1) is 25.2 Å². The second-order valence-electron chi connectivity index (χ2n) is 8.78. The molecule has 4 rings (SSSR count). The summed E-state index contributed by atoms with van der Waals surface area (Å²) in [6.45, 7) is 10.2. The molecule has 0 saturated heterocycles. The van der Waals surface area contributed by atoms with E-state index in [-0.39, 0.29) is 11.3 Å². The maximum atomic E-state index is 13.5. The van der Waals surface area contributed by atoms with Gasteiger partial charge in [-0.2, -0.15) is 5.26 Å². The summed E-state index contributed by atoms with van der Waals surface area (Å²) in [4.78, 5) is 18.3. The summed E-state index contributed by atoms with van der Waals surface area (Å²) in [6.07, 6.45) is 1.91. The van der Waals surface area contributed by atoms with Crippen molar-refractivity contribution in [3.05, 3.63) is 75.9 Å². The number of nitrogens with one attached hydrogen (secondary N) is 1. The first kappa shape index (κ1) is 20.8. The number of thiophene rings is 1. The monoisotopic (exact) mass is 428 g/mol. The van der Waals surface area contributed by atoms with Crippen molar-refractivity contribution in [2.75, 3.05) is 5.32 Å². The molecule has 0 aliphatic heterocycles. The number of rotatable bonds is 3. The van der Waals surface area contributed by atoms with E-state index in [1.807, 2.05) is 66.2 Å². The fourth-order valence-corrected chi connectivity index (χ4v) is 4.69. The molecule has 0 atom stereocenters. The van der Waals surface area contributed by atoms with Crippen molar-refractivity contribution in [1.29, 1.82) is 5.26 Å². The molecule has 5 nitrogen and oxygen atoms in total. The topological polar surface area (TPSA) is 70.2 Å². The number of nitrogens with zero attached hydrogens (tertiary/aromatic N) is 3. The van der Waals surface area contributed by atoms with E-state index in [0.29, 0.717) is 27.6 Å². The number of amides is 1. The highest BCUT2D eigenvalue weighted by Gasteiger charge is 2.26. The molecule has 0 radical (unpaired) electrons. The number of hydrogen-bond donors (Lipinski definition) is 1. The van der Waals surface area contributed by atoms with Gasteiger partial charge in [-0.1, -0.05) is 56.7 Å². The van der Waals surface area contributed by atoms with Crippen LogP contribution >= 0.6 is 11.3 Å². The van der Waals surface area contributed by atoms with Crippen LogP contribution in [0.4, 0.5) is 5.00 Å². The van der Waals surface area contributed by atoms with Gasteiger partial charge in [0.1, 0.15) is 28.1 Å². The molecule has 6 heteroatoms. The van der Waals surface area contributed by atoms with Crippen molar-refractivity contribution < 1.29 is 4.79 Å². The number of aryl methyl sites for hydroxylation is 2. The van der Waals surface area contributed by atoms with Gasteiger partial charge in [0.2, 0.25) is 0 Å². The lowest BCUT2D eigenvalue weighted by Gasteiger charge is -2.17. The van der Waals surface area contributed by atoms with Crippen LogP contribution in [0.2, 0.25) is 0 Å². The molecular formula is C25H24N4OS. The smallest absolute Gasteiger partial charge is 0.275 e. The van der Waals surface area contributed by atoms with E-state index in [0.717, 1.165) is 22.3 Å². The third-order valence-corrected chi connectivity index (χ3v) is 6.14. The van der Waals surface area contributed by atoms with Gasteiger partial charge in [0.05, 0.1) is 5.56 Å². The lowest BCUT2D eigenvalue weighted by molar-refractivity contribution is 0.102. The minimum absolute atomic E-state index is 0.183. The highest BCUT2D eigenvalue weighted by atomic mass is 32.1. The fourth-order valence-electron chi connectivity index (χ4n) is 3.56. The van der Waals surface area contributed by atoms with E-state index in [1.165, 1.54) is 11.3 Å². The number of nitriles is 1. The predicted molar refractivity (Wildman–Crippen MR) is 126 cm³/mol. The first-order chi connectivity index (χ1) is 14.7. The molecule has 3 aromatic heterocycles. The van der Waals surface area contributed by atoms with E-state index in [2.05, 4.69) is 32.2 Å². The zero-order chi connectivity index (χ0) is 22.3. The average Bonchev–Trinajstić information content (AvgIpc) is 3.29. The molecule has 1 N–H and O–H groups in total. The minimum atomic E-state index is -0.285. The summed E-state index contributed by atoms with van der Waals surface area (Å²) in [5, 5.41) is 15.3. The Balaban J connectivity index is 1.84. The second-order valence-corrected chi connectivity index (χ2v) is 9.66. The number of benzene rings is 1. The fraction of sp³-hybridized carbons (Fsp3) is 0.240. The normalized spacial score (nSPS) is 11.5. The van der Waals surface area contributed by atoms with Gasteiger partial charge < -0.3 is 5.32 Å². The van der Waals surface area contributed by atoms with Crippen LogP contribution < -0.4 is 5.32 Å². The molecule has 0 saturated carbocycles. The summed E-state index contributed by atoms with van der Waals surface area (Å²) in [5.74, 6) is -0.285. The van der Waals surface area contributed by atoms with Crippen LogP contribution in [0.1, 0.15) is 53.5 Å². The Morgan fingerprint density at radius 1 is 1.10 bits per heavy atom. The Morgan fingerprint density at radius 2 is 1.77 bits per heavy atom. The molecule has 31 heavy (non-hydrogen) atoms. The van der Waals surface area contributed by atoms with Crippen LogP contribution in [0.5, 0.6) is 0 Å². The number of anilines is 1. The molecule has 0 fully saturated rings. The Kier molecular flexibility index (Phi) is 5.16. The predicted octanol–water partition coefficient (Wildman–Crippen LogP) is 6.10. The van der Waals surface area contributed by atoms with Gasteiger partial charge in [-0.3, -0.25) is 9.20 Å². The van der Waals surface area contributed by atoms with Crippen molar-refractivity contribution >= 4 is 27.9 Å². The maximum absolute atomic E-state index is 13.5.